The molecule has 0 radical (unpaired) electrons. The summed E-state index contributed by atoms with van der Waals surface area (Å²) in [5.74, 6) is -0.238. The van der Waals surface area contributed by atoms with Crippen LogP contribution in [0.2, 0.25) is 5.02 Å². The van der Waals surface area contributed by atoms with Crippen LogP contribution >= 0.6 is 11.6 Å². The highest BCUT2D eigenvalue weighted by Gasteiger charge is 2.29. The van der Waals surface area contributed by atoms with Crippen molar-refractivity contribution in [2.75, 3.05) is 18.4 Å². The van der Waals surface area contributed by atoms with Gasteiger partial charge in [-0.25, -0.2) is 4.98 Å². The molecule has 2 aromatic carbocycles. The number of hydrogen-bond donors (Lipinski definition) is 1. The van der Waals surface area contributed by atoms with Crippen molar-refractivity contribution in [1.82, 2.24) is 14.5 Å². The van der Waals surface area contributed by atoms with Crippen molar-refractivity contribution in [3.05, 3.63) is 71.3 Å². The average molecular weight is 434 g/mol. The lowest BCUT2D eigenvalue weighted by Crippen LogP contribution is -2.41. The van der Waals surface area contributed by atoms with Gasteiger partial charge in [0.1, 0.15) is 11.6 Å². The topological polar surface area (TPSA) is 91.0 Å². The van der Waals surface area contributed by atoms with E-state index in [2.05, 4.69) is 16.9 Å². The number of rotatable bonds is 4. The van der Waals surface area contributed by atoms with Crippen LogP contribution in [0.4, 0.5) is 5.95 Å². The van der Waals surface area contributed by atoms with E-state index >= 15 is 0 Å². The number of hydrogen-bond acceptors (Lipinski definition) is 4. The standard InChI is InChI=1S/C23H20ClN5O2/c1-15(13-25)22(31)28-12-4-5-18(14-28)29-20-7-3-2-6-19(20)26-23(29)27-21(30)16-8-10-17(24)11-9-16/h2-3,6-11,18H,1,4-5,12,14H2,(H,26,27,30). The number of nitrogens with zero attached hydrogens (tertiary/aromatic N) is 4. The number of fused-ring (bicyclic) bond motifs is 1. The fraction of sp³-hybridized carbons (Fsp3) is 0.217. The third-order valence-corrected chi connectivity index (χ3v) is 5.62. The first-order valence-corrected chi connectivity index (χ1v) is 10.3. The minimum absolute atomic E-state index is 0.0765. The largest absolute Gasteiger partial charge is 0.336 e. The van der Waals surface area contributed by atoms with E-state index in [0.717, 1.165) is 23.9 Å². The first-order chi connectivity index (χ1) is 15.0. The monoisotopic (exact) mass is 433 g/mol. The highest BCUT2D eigenvalue weighted by molar-refractivity contribution is 6.30. The first kappa shape index (κ1) is 20.6. The smallest absolute Gasteiger partial charge is 0.263 e. The molecule has 2 amide bonds. The van der Waals surface area contributed by atoms with Crippen molar-refractivity contribution in [3.63, 3.8) is 0 Å². The number of aromatic nitrogens is 2. The highest BCUT2D eigenvalue weighted by atomic mass is 35.5. The third-order valence-electron chi connectivity index (χ3n) is 5.37. The lowest BCUT2D eigenvalue weighted by molar-refractivity contribution is -0.128. The number of nitrogens with one attached hydrogen (secondary N) is 1. The number of halogens is 1. The molecular formula is C23H20ClN5O2. The van der Waals surface area contributed by atoms with Gasteiger partial charge >= 0.3 is 0 Å². The number of nitriles is 1. The normalized spacial score (nSPS) is 16.0. The summed E-state index contributed by atoms with van der Waals surface area (Å²) >= 11 is 5.92. The summed E-state index contributed by atoms with van der Waals surface area (Å²) in [6.07, 6.45) is 1.58. The molecule has 1 aliphatic heterocycles. The second-order valence-electron chi connectivity index (χ2n) is 7.39. The number of piperidine rings is 1. The van der Waals surface area contributed by atoms with E-state index in [-0.39, 0.29) is 23.4 Å². The molecule has 3 aromatic rings. The fourth-order valence-electron chi connectivity index (χ4n) is 3.87. The Morgan fingerprint density at radius 3 is 2.68 bits per heavy atom. The van der Waals surface area contributed by atoms with Crippen molar-refractivity contribution in [3.8, 4) is 6.07 Å². The average Bonchev–Trinajstić information content (AvgIpc) is 3.16. The lowest BCUT2D eigenvalue weighted by Gasteiger charge is -2.34. The van der Waals surface area contributed by atoms with E-state index in [1.165, 1.54) is 0 Å². The highest BCUT2D eigenvalue weighted by Crippen LogP contribution is 2.31. The third kappa shape index (κ3) is 4.16. The van der Waals surface area contributed by atoms with Crippen LogP contribution in [0.3, 0.4) is 0 Å². The summed E-state index contributed by atoms with van der Waals surface area (Å²) in [6, 6.07) is 16.0. The second-order valence-corrected chi connectivity index (χ2v) is 7.83. The Bertz CT molecular complexity index is 1210. The van der Waals surface area contributed by atoms with Crippen LogP contribution in [0.15, 0.2) is 60.7 Å². The molecule has 156 valence electrons. The molecule has 1 unspecified atom stereocenters. The molecule has 31 heavy (non-hydrogen) atoms. The number of para-hydroxylation sites is 2. The molecule has 1 atom stereocenters. The Morgan fingerprint density at radius 1 is 1.19 bits per heavy atom. The minimum Gasteiger partial charge on any atom is -0.336 e. The molecule has 0 bridgehead atoms. The van der Waals surface area contributed by atoms with Crippen LogP contribution in [0.5, 0.6) is 0 Å². The molecule has 0 aliphatic carbocycles. The number of likely N-dealkylation sites (tertiary alicyclic amines) is 1. The quantitative estimate of drug-likeness (QED) is 0.493. The van der Waals surface area contributed by atoms with Gasteiger partial charge < -0.3 is 9.47 Å². The summed E-state index contributed by atoms with van der Waals surface area (Å²) < 4.78 is 1.97. The number of benzene rings is 2. The molecular weight excluding hydrogens is 414 g/mol. The zero-order valence-corrected chi connectivity index (χ0v) is 17.5. The van der Waals surface area contributed by atoms with E-state index in [1.807, 2.05) is 34.9 Å². The summed E-state index contributed by atoms with van der Waals surface area (Å²) in [4.78, 5) is 31.6. The summed E-state index contributed by atoms with van der Waals surface area (Å²) in [5, 5.41) is 12.5. The molecule has 8 heteroatoms. The maximum atomic E-state index is 12.8. The van der Waals surface area contributed by atoms with Crippen LogP contribution in [-0.2, 0) is 4.79 Å². The Morgan fingerprint density at radius 2 is 1.94 bits per heavy atom. The number of carbonyl (C=O) groups is 2. The van der Waals surface area contributed by atoms with Gasteiger partial charge in [-0.3, -0.25) is 14.9 Å². The van der Waals surface area contributed by atoms with Crippen molar-refractivity contribution in [2.24, 2.45) is 0 Å². The van der Waals surface area contributed by atoms with Gasteiger partial charge in [0.2, 0.25) is 5.95 Å². The van der Waals surface area contributed by atoms with Crippen LogP contribution < -0.4 is 5.32 Å². The maximum absolute atomic E-state index is 12.8. The summed E-state index contributed by atoms with van der Waals surface area (Å²) in [5.41, 5.74) is 2.01. The molecule has 1 aliphatic rings. The lowest BCUT2D eigenvalue weighted by atomic mass is 10.0. The van der Waals surface area contributed by atoms with Gasteiger partial charge in [0, 0.05) is 23.7 Å². The minimum atomic E-state index is -0.358. The zero-order chi connectivity index (χ0) is 22.0. The number of carbonyl (C=O) groups excluding carboxylic acids is 2. The van der Waals surface area contributed by atoms with Crippen molar-refractivity contribution in [2.45, 2.75) is 18.9 Å². The molecule has 4 rings (SSSR count). The maximum Gasteiger partial charge on any atom is 0.263 e. The summed E-state index contributed by atoms with van der Waals surface area (Å²) in [7, 11) is 0. The Balaban J connectivity index is 1.67. The summed E-state index contributed by atoms with van der Waals surface area (Å²) in [6.45, 7) is 4.52. The molecule has 0 spiro atoms. The van der Waals surface area contributed by atoms with Gasteiger partial charge in [-0.15, -0.1) is 0 Å². The van der Waals surface area contributed by atoms with Crippen molar-refractivity contribution in [1.29, 1.82) is 5.26 Å². The van der Waals surface area contributed by atoms with E-state index in [1.54, 1.807) is 29.2 Å². The van der Waals surface area contributed by atoms with Gasteiger partial charge in [-0.05, 0) is 49.2 Å². The molecule has 1 aromatic heterocycles. The SMILES string of the molecule is C=C(C#N)C(=O)N1CCCC(n2c(NC(=O)c3ccc(Cl)cc3)nc3ccccc32)C1. The van der Waals surface area contributed by atoms with Crippen LogP contribution in [-0.4, -0.2) is 39.4 Å². The van der Waals surface area contributed by atoms with E-state index < -0.39 is 0 Å². The Labute approximate surface area is 184 Å². The van der Waals surface area contributed by atoms with Crippen molar-refractivity contribution < 1.29 is 9.59 Å². The van der Waals surface area contributed by atoms with Crippen LogP contribution in [0, 0.1) is 11.3 Å². The molecule has 1 fully saturated rings. The van der Waals surface area contributed by atoms with Gasteiger partial charge in [0.15, 0.2) is 0 Å². The first-order valence-electron chi connectivity index (χ1n) is 9.90. The van der Waals surface area contributed by atoms with E-state index in [0.29, 0.717) is 29.6 Å². The Kier molecular flexibility index (Phi) is 5.74. The number of imidazole rings is 1. The van der Waals surface area contributed by atoms with Gasteiger partial charge in [-0.1, -0.05) is 30.3 Å². The van der Waals surface area contributed by atoms with Crippen LogP contribution in [0.25, 0.3) is 11.0 Å². The Hall–Kier alpha value is -3.63. The van der Waals surface area contributed by atoms with Gasteiger partial charge in [-0.2, -0.15) is 5.26 Å². The van der Waals surface area contributed by atoms with Crippen molar-refractivity contribution >= 4 is 40.4 Å². The van der Waals surface area contributed by atoms with Crippen LogP contribution in [0.1, 0.15) is 29.2 Å². The zero-order valence-electron chi connectivity index (χ0n) is 16.7. The van der Waals surface area contributed by atoms with Gasteiger partial charge in [0.05, 0.1) is 17.1 Å². The van der Waals surface area contributed by atoms with Gasteiger partial charge in [0.25, 0.3) is 11.8 Å². The molecule has 7 nitrogen and oxygen atoms in total. The fourth-order valence-corrected chi connectivity index (χ4v) is 3.99. The number of amides is 2. The molecule has 2 heterocycles. The second kappa shape index (κ2) is 8.62. The molecule has 0 saturated carbocycles. The molecule has 1 N–H and O–H groups in total. The number of anilines is 1. The predicted octanol–water partition coefficient (Wildman–Crippen LogP) is 4.19. The van der Waals surface area contributed by atoms with E-state index in [9.17, 15) is 9.59 Å². The van der Waals surface area contributed by atoms with E-state index in [4.69, 9.17) is 16.9 Å². The molecule has 1 saturated heterocycles. The predicted molar refractivity (Wildman–Crippen MR) is 119 cm³/mol.